The molecule has 0 radical (unpaired) electrons. The number of hydrogen-bond acceptors (Lipinski definition) is 3. The van der Waals surface area contributed by atoms with E-state index in [1.54, 1.807) is 6.92 Å². The average molecular weight is 498 g/mol. The number of rotatable bonds is 18. The molecule has 0 aromatic carbocycles. The van der Waals surface area contributed by atoms with Gasteiger partial charge in [-0.1, -0.05) is 64.9 Å². The molecule has 0 saturated carbocycles. The van der Waals surface area contributed by atoms with Crippen LogP contribution in [0.4, 0.5) is 0 Å². The standard InChI is InChI=1S/C22H44NO3.HI/c1-6-7-8-9-10-11-12-13-14-15-16-23(4,5)17-18-25-19-20-26-22(24)21(2)3;/h2,6-20H2,1,3-5H3;1H/q+1;/p-1. The van der Waals surface area contributed by atoms with Crippen LogP contribution in [-0.4, -0.2) is 57.5 Å². The molecule has 0 aliphatic carbocycles. The molecule has 0 aromatic rings. The van der Waals surface area contributed by atoms with Gasteiger partial charge in [0.15, 0.2) is 0 Å². The molecule has 0 aromatic heterocycles. The van der Waals surface area contributed by atoms with Crippen molar-refractivity contribution >= 4 is 5.97 Å². The van der Waals surface area contributed by atoms with Gasteiger partial charge in [-0.15, -0.1) is 0 Å². The first-order valence-electron chi connectivity index (χ1n) is 10.6. The zero-order chi connectivity index (χ0) is 19.7. The fourth-order valence-electron chi connectivity index (χ4n) is 2.87. The normalized spacial score (nSPS) is 11.1. The van der Waals surface area contributed by atoms with E-state index < -0.39 is 0 Å². The number of halogens is 1. The third-order valence-electron chi connectivity index (χ3n) is 4.77. The lowest BCUT2D eigenvalue weighted by Crippen LogP contribution is -3.00. The quantitative estimate of drug-likeness (QED) is 0.0958. The number of nitrogens with zero attached hydrogens (tertiary/aromatic N) is 1. The maximum absolute atomic E-state index is 11.2. The highest BCUT2D eigenvalue weighted by atomic mass is 127. The Morgan fingerprint density at radius 1 is 0.815 bits per heavy atom. The van der Waals surface area contributed by atoms with Crippen molar-refractivity contribution in [3.63, 3.8) is 0 Å². The zero-order valence-electron chi connectivity index (χ0n) is 18.4. The molecule has 0 N–H and O–H groups in total. The molecule has 0 aliphatic heterocycles. The number of quaternary nitrogens is 1. The molecule has 0 spiro atoms. The molecule has 0 rings (SSSR count). The first-order chi connectivity index (χ1) is 12.4. The smallest absolute Gasteiger partial charge is 0.333 e. The maximum atomic E-state index is 11.2. The minimum Gasteiger partial charge on any atom is -1.00 e. The Bertz CT molecular complexity index is 373. The van der Waals surface area contributed by atoms with E-state index in [2.05, 4.69) is 27.6 Å². The van der Waals surface area contributed by atoms with Crippen molar-refractivity contribution in [1.29, 1.82) is 0 Å². The summed E-state index contributed by atoms with van der Waals surface area (Å²) in [6, 6.07) is 0. The van der Waals surface area contributed by atoms with Crippen LogP contribution in [0, 0.1) is 0 Å². The van der Waals surface area contributed by atoms with E-state index >= 15 is 0 Å². The second kappa shape index (κ2) is 19.2. The Hall–Kier alpha value is -0.140. The van der Waals surface area contributed by atoms with E-state index in [1.807, 2.05) is 0 Å². The van der Waals surface area contributed by atoms with Crippen molar-refractivity contribution < 1.29 is 42.7 Å². The molecule has 0 fully saturated rings. The fourth-order valence-corrected chi connectivity index (χ4v) is 2.87. The Morgan fingerprint density at radius 3 is 1.85 bits per heavy atom. The van der Waals surface area contributed by atoms with Gasteiger partial charge in [0.2, 0.25) is 0 Å². The highest BCUT2D eigenvalue weighted by Crippen LogP contribution is 2.11. The first-order valence-corrected chi connectivity index (χ1v) is 10.6. The van der Waals surface area contributed by atoms with Crippen LogP contribution in [0.2, 0.25) is 0 Å². The van der Waals surface area contributed by atoms with Gasteiger partial charge in [0, 0.05) is 5.57 Å². The van der Waals surface area contributed by atoms with Crippen molar-refractivity contribution in [3.05, 3.63) is 12.2 Å². The molecule has 27 heavy (non-hydrogen) atoms. The van der Waals surface area contributed by atoms with E-state index in [0.717, 1.165) is 11.0 Å². The number of ether oxygens (including phenoxy) is 2. The Balaban J connectivity index is 0. The van der Waals surface area contributed by atoms with Gasteiger partial charge >= 0.3 is 5.97 Å². The topological polar surface area (TPSA) is 35.5 Å². The van der Waals surface area contributed by atoms with Crippen LogP contribution in [0.1, 0.15) is 78.1 Å². The molecule has 4 nitrogen and oxygen atoms in total. The summed E-state index contributed by atoms with van der Waals surface area (Å²) in [6.07, 6.45) is 13.8. The molecular formula is C22H44INO3. The monoisotopic (exact) mass is 497 g/mol. The van der Waals surface area contributed by atoms with Gasteiger partial charge < -0.3 is 37.9 Å². The van der Waals surface area contributed by atoms with Crippen LogP contribution in [0.15, 0.2) is 12.2 Å². The summed E-state index contributed by atoms with van der Waals surface area (Å²) in [5.41, 5.74) is 0.430. The average Bonchev–Trinajstić information content (AvgIpc) is 2.59. The lowest BCUT2D eigenvalue weighted by molar-refractivity contribution is -0.891. The molecule has 5 heteroatoms. The Kier molecular flexibility index (Phi) is 20.7. The number of carbonyl (C=O) groups is 1. The molecule has 0 saturated heterocycles. The minimum absolute atomic E-state index is 0. The van der Waals surface area contributed by atoms with Gasteiger partial charge in [-0.25, -0.2) is 4.79 Å². The molecule has 0 unspecified atom stereocenters. The number of likely N-dealkylation sites (N-methyl/N-ethyl adjacent to an activating group) is 1. The SMILES string of the molecule is C=C(C)C(=O)OCCOCC[N+](C)(C)CCCCCCCCCCCC.[I-]. The van der Waals surface area contributed by atoms with Crippen LogP contribution >= 0.6 is 0 Å². The van der Waals surface area contributed by atoms with Crippen molar-refractivity contribution in [2.24, 2.45) is 0 Å². The number of esters is 1. The van der Waals surface area contributed by atoms with E-state index in [4.69, 9.17) is 9.47 Å². The maximum Gasteiger partial charge on any atom is 0.333 e. The predicted octanol–water partition coefficient (Wildman–Crippen LogP) is 2.12. The lowest BCUT2D eigenvalue weighted by atomic mass is 10.1. The minimum atomic E-state index is -0.342. The summed E-state index contributed by atoms with van der Waals surface area (Å²) in [5, 5.41) is 0. The van der Waals surface area contributed by atoms with E-state index in [9.17, 15) is 4.79 Å². The summed E-state index contributed by atoms with van der Waals surface area (Å²) in [5.74, 6) is -0.342. The van der Waals surface area contributed by atoms with Crippen molar-refractivity contribution in [3.8, 4) is 0 Å². The van der Waals surface area contributed by atoms with Crippen LogP contribution in [0.3, 0.4) is 0 Å². The fraction of sp³-hybridized carbons (Fsp3) is 0.864. The van der Waals surface area contributed by atoms with Crippen molar-refractivity contribution in [2.75, 3.05) is 47.0 Å². The third kappa shape index (κ3) is 20.4. The van der Waals surface area contributed by atoms with Gasteiger partial charge in [-0.05, 0) is 19.8 Å². The second-order valence-electron chi connectivity index (χ2n) is 8.09. The number of unbranched alkanes of at least 4 members (excludes halogenated alkanes) is 9. The van der Waals surface area contributed by atoms with Gasteiger partial charge in [0.1, 0.15) is 13.2 Å². The highest BCUT2D eigenvalue weighted by molar-refractivity contribution is 5.86. The first kappa shape index (κ1) is 29.1. The van der Waals surface area contributed by atoms with Crippen LogP contribution in [-0.2, 0) is 14.3 Å². The molecule has 0 atom stereocenters. The number of carbonyl (C=O) groups excluding carboxylic acids is 1. The van der Waals surface area contributed by atoms with E-state index in [0.29, 0.717) is 25.4 Å². The molecule has 0 amide bonds. The largest absolute Gasteiger partial charge is 1.00 e. The van der Waals surface area contributed by atoms with Gasteiger partial charge in [0.25, 0.3) is 0 Å². The summed E-state index contributed by atoms with van der Waals surface area (Å²) in [6.45, 7) is 11.1. The predicted molar refractivity (Wildman–Crippen MR) is 110 cm³/mol. The van der Waals surface area contributed by atoms with Crippen molar-refractivity contribution in [1.82, 2.24) is 0 Å². The van der Waals surface area contributed by atoms with Crippen molar-refractivity contribution in [2.45, 2.75) is 78.1 Å². The zero-order valence-corrected chi connectivity index (χ0v) is 20.5. The van der Waals surface area contributed by atoms with E-state index in [-0.39, 0.29) is 29.9 Å². The lowest BCUT2D eigenvalue weighted by Gasteiger charge is -2.29. The Labute approximate surface area is 185 Å². The van der Waals surface area contributed by atoms with Crippen LogP contribution in [0.25, 0.3) is 0 Å². The highest BCUT2D eigenvalue weighted by Gasteiger charge is 2.14. The molecule has 162 valence electrons. The molecule has 0 heterocycles. The van der Waals surface area contributed by atoms with Crippen LogP contribution in [0.5, 0.6) is 0 Å². The third-order valence-corrected chi connectivity index (χ3v) is 4.77. The summed E-state index contributed by atoms with van der Waals surface area (Å²) in [7, 11) is 4.52. The van der Waals surface area contributed by atoms with Gasteiger partial charge in [-0.3, -0.25) is 0 Å². The molecule has 0 aliphatic rings. The second-order valence-corrected chi connectivity index (χ2v) is 8.09. The summed E-state index contributed by atoms with van der Waals surface area (Å²) < 4.78 is 11.6. The molecular weight excluding hydrogens is 453 g/mol. The van der Waals surface area contributed by atoms with Gasteiger partial charge in [-0.2, -0.15) is 0 Å². The number of hydrogen-bond donors (Lipinski definition) is 0. The van der Waals surface area contributed by atoms with Gasteiger partial charge in [0.05, 0.1) is 33.9 Å². The summed E-state index contributed by atoms with van der Waals surface area (Å²) in [4.78, 5) is 11.2. The summed E-state index contributed by atoms with van der Waals surface area (Å²) >= 11 is 0. The van der Waals surface area contributed by atoms with Crippen LogP contribution < -0.4 is 24.0 Å². The Morgan fingerprint density at radius 2 is 1.33 bits per heavy atom. The molecule has 0 bridgehead atoms. The van der Waals surface area contributed by atoms with E-state index in [1.165, 1.54) is 70.8 Å².